The number of hydrogen-bond donors (Lipinski definition) is 1. The minimum atomic E-state index is 0.0962. The molecule has 80 valence electrons. The van der Waals surface area contributed by atoms with Gasteiger partial charge in [0.25, 0.3) is 0 Å². The summed E-state index contributed by atoms with van der Waals surface area (Å²) in [5, 5.41) is 9.12. The molecule has 1 amide bonds. The van der Waals surface area contributed by atoms with Crippen LogP contribution >= 0.6 is 0 Å². The van der Waals surface area contributed by atoms with Crippen molar-refractivity contribution >= 4 is 5.91 Å². The number of likely N-dealkylation sites (tertiary alicyclic amines) is 1. The van der Waals surface area contributed by atoms with Crippen LogP contribution in [0.5, 0.6) is 0 Å². The first-order chi connectivity index (χ1) is 6.56. The van der Waals surface area contributed by atoms with E-state index in [2.05, 4.69) is 13.8 Å². The molecule has 0 spiro atoms. The Hall–Kier alpha value is -0.570. The Kier molecular flexibility index (Phi) is 2.30. The first kappa shape index (κ1) is 9.97. The maximum absolute atomic E-state index is 12.0. The highest BCUT2D eigenvalue weighted by molar-refractivity contribution is 5.83. The molecule has 0 aromatic carbocycles. The standard InChI is InChI=1S/C11H19NO2/c1-11(2)6-9(11)10(14)12-5-3-4-8(12)7-13/h8-9,13H,3-7H2,1-2H3. The van der Waals surface area contributed by atoms with Crippen LogP contribution in [0.15, 0.2) is 0 Å². The molecule has 1 N–H and O–H groups in total. The highest BCUT2D eigenvalue weighted by atomic mass is 16.3. The summed E-state index contributed by atoms with van der Waals surface area (Å²) < 4.78 is 0. The minimum absolute atomic E-state index is 0.0962. The quantitative estimate of drug-likeness (QED) is 0.718. The van der Waals surface area contributed by atoms with Gasteiger partial charge in [-0.25, -0.2) is 0 Å². The van der Waals surface area contributed by atoms with Crippen molar-refractivity contribution in [2.24, 2.45) is 11.3 Å². The van der Waals surface area contributed by atoms with Crippen LogP contribution in [0.3, 0.4) is 0 Å². The van der Waals surface area contributed by atoms with Crippen LogP contribution in [0, 0.1) is 11.3 Å². The molecule has 3 nitrogen and oxygen atoms in total. The Bertz CT molecular complexity index is 250. The van der Waals surface area contributed by atoms with Gasteiger partial charge in [0.2, 0.25) is 5.91 Å². The third kappa shape index (κ3) is 1.54. The summed E-state index contributed by atoms with van der Waals surface area (Å²) in [6.07, 6.45) is 3.03. The van der Waals surface area contributed by atoms with Crippen molar-refractivity contribution in [3.63, 3.8) is 0 Å². The monoisotopic (exact) mass is 197 g/mol. The molecular weight excluding hydrogens is 178 g/mol. The lowest BCUT2D eigenvalue weighted by Crippen LogP contribution is -2.39. The van der Waals surface area contributed by atoms with Crippen molar-refractivity contribution in [2.45, 2.75) is 39.2 Å². The largest absolute Gasteiger partial charge is 0.394 e. The van der Waals surface area contributed by atoms with E-state index in [0.717, 1.165) is 25.8 Å². The Morgan fingerprint density at radius 2 is 2.21 bits per heavy atom. The van der Waals surface area contributed by atoms with Crippen LogP contribution < -0.4 is 0 Å². The van der Waals surface area contributed by atoms with Gasteiger partial charge in [0.1, 0.15) is 0 Å². The number of rotatable bonds is 2. The normalized spacial score (nSPS) is 34.6. The van der Waals surface area contributed by atoms with Crippen molar-refractivity contribution < 1.29 is 9.90 Å². The molecule has 1 saturated carbocycles. The molecule has 1 aliphatic heterocycles. The molecule has 14 heavy (non-hydrogen) atoms. The summed E-state index contributed by atoms with van der Waals surface area (Å²) in [4.78, 5) is 13.9. The highest BCUT2D eigenvalue weighted by Gasteiger charge is 2.52. The molecule has 1 heterocycles. The van der Waals surface area contributed by atoms with E-state index in [4.69, 9.17) is 5.11 Å². The molecule has 2 rings (SSSR count). The molecule has 0 aromatic rings. The van der Waals surface area contributed by atoms with Gasteiger partial charge in [-0.05, 0) is 24.7 Å². The second kappa shape index (κ2) is 3.23. The number of carbonyl (C=O) groups is 1. The van der Waals surface area contributed by atoms with Gasteiger partial charge in [0.15, 0.2) is 0 Å². The van der Waals surface area contributed by atoms with Crippen LogP contribution in [-0.2, 0) is 4.79 Å². The van der Waals surface area contributed by atoms with Crippen molar-refractivity contribution in [1.82, 2.24) is 4.90 Å². The van der Waals surface area contributed by atoms with Crippen molar-refractivity contribution in [2.75, 3.05) is 13.2 Å². The Morgan fingerprint density at radius 3 is 2.71 bits per heavy atom. The zero-order valence-corrected chi connectivity index (χ0v) is 8.99. The molecule has 3 heteroatoms. The van der Waals surface area contributed by atoms with Crippen LogP contribution in [0.4, 0.5) is 0 Å². The van der Waals surface area contributed by atoms with Gasteiger partial charge in [-0.1, -0.05) is 13.8 Å². The molecule has 0 radical (unpaired) electrons. The average Bonchev–Trinajstić information content (AvgIpc) is 2.64. The number of carbonyl (C=O) groups excluding carboxylic acids is 1. The van der Waals surface area contributed by atoms with E-state index in [1.165, 1.54) is 0 Å². The predicted molar refractivity (Wildman–Crippen MR) is 53.7 cm³/mol. The molecule has 0 aromatic heterocycles. The lowest BCUT2D eigenvalue weighted by Gasteiger charge is -2.23. The number of aliphatic hydroxyl groups excluding tert-OH is 1. The number of amides is 1. The molecular formula is C11H19NO2. The van der Waals surface area contributed by atoms with Crippen LogP contribution in [0.25, 0.3) is 0 Å². The molecule has 1 saturated heterocycles. The first-order valence-electron chi connectivity index (χ1n) is 5.47. The lowest BCUT2D eigenvalue weighted by molar-refractivity contribution is -0.134. The fourth-order valence-corrected chi connectivity index (χ4v) is 2.40. The van der Waals surface area contributed by atoms with E-state index < -0.39 is 0 Å². The van der Waals surface area contributed by atoms with Crippen molar-refractivity contribution in [1.29, 1.82) is 0 Å². The molecule has 1 aliphatic carbocycles. The van der Waals surface area contributed by atoms with Gasteiger partial charge in [-0.2, -0.15) is 0 Å². The number of aliphatic hydroxyl groups is 1. The lowest BCUT2D eigenvalue weighted by atomic mass is 10.1. The fraction of sp³-hybridized carbons (Fsp3) is 0.909. The molecule has 2 fully saturated rings. The smallest absolute Gasteiger partial charge is 0.226 e. The summed E-state index contributed by atoms with van der Waals surface area (Å²) in [6.45, 7) is 5.24. The Balaban J connectivity index is 1.98. The Morgan fingerprint density at radius 1 is 1.57 bits per heavy atom. The molecule has 2 atom stereocenters. The van der Waals surface area contributed by atoms with Gasteiger partial charge in [-0.15, -0.1) is 0 Å². The maximum Gasteiger partial charge on any atom is 0.226 e. The third-order valence-corrected chi connectivity index (χ3v) is 3.68. The predicted octanol–water partition coefficient (Wildman–Crippen LogP) is 1.02. The SMILES string of the molecule is CC1(C)CC1C(=O)N1CCCC1CO. The molecule has 0 bridgehead atoms. The molecule has 2 aliphatic rings. The summed E-state index contributed by atoms with van der Waals surface area (Å²) >= 11 is 0. The first-order valence-corrected chi connectivity index (χ1v) is 5.47. The topological polar surface area (TPSA) is 40.5 Å². The van der Waals surface area contributed by atoms with Crippen molar-refractivity contribution in [3.05, 3.63) is 0 Å². The maximum atomic E-state index is 12.0. The van der Waals surface area contributed by atoms with E-state index in [9.17, 15) is 4.79 Å². The van der Waals surface area contributed by atoms with Gasteiger partial charge in [-0.3, -0.25) is 4.79 Å². The van der Waals surface area contributed by atoms with Crippen LogP contribution in [-0.4, -0.2) is 35.1 Å². The van der Waals surface area contributed by atoms with Gasteiger partial charge < -0.3 is 10.0 Å². The van der Waals surface area contributed by atoms with Gasteiger partial charge in [0, 0.05) is 12.5 Å². The van der Waals surface area contributed by atoms with Crippen LogP contribution in [0.1, 0.15) is 33.1 Å². The minimum Gasteiger partial charge on any atom is -0.394 e. The van der Waals surface area contributed by atoms with Crippen molar-refractivity contribution in [3.8, 4) is 0 Å². The third-order valence-electron chi connectivity index (χ3n) is 3.68. The van der Waals surface area contributed by atoms with E-state index in [0.29, 0.717) is 0 Å². The zero-order chi connectivity index (χ0) is 10.3. The Labute approximate surface area is 85.1 Å². The van der Waals surface area contributed by atoms with E-state index >= 15 is 0 Å². The highest BCUT2D eigenvalue weighted by Crippen LogP contribution is 2.52. The van der Waals surface area contributed by atoms with E-state index in [1.807, 2.05) is 4.90 Å². The van der Waals surface area contributed by atoms with Crippen LogP contribution in [0.2, 0.25) is 0 Å². The second-order valence-electron chi connectivity index (χ2n) is 5.26. The number of hydrogen-bond acceptors (Lipinski definition) is 2. The zero-order valence-electron chi connectivity index (χ0n) is 8.99. The van der Waals surface area contributed by atoms with E-state index in [1.54, 1.807) is 0 Å². The molecule has 2 unspecified atom stereocenters. The summed E-state index contributed by atoms with van der Waals surface area (Å²) in [7, 11) is 0. The summed E-state index contributed by atoms with van der Waals surface area (Å²) in [5.74, 6) is 0.487. The summed E-state index contributed by atoms with van der Waals surface area (Å²) in [5.41, 5.74) is 0.208. The van der Waals surface area contributed by atoms with Gasteiger partial charge >= 0.3 is 0 Å². The summed E-state index contributed by atoms with van der Waals surface area (Å²) in [6, 6.07) is 0.0962. The second-order valence-corrected chi connectivity index (χ2v) is 5.26. The number of nitrogens with zero attached hydrogens (tertiary/aromatic N) is 1. The van der Waals surface area contributed by atoms with E-state index in [-0.39, 0.29) is 29.9 Å². The average molecular weight is 197 g/mol. The van der Waals surface area contributed by atoms with Gasteiger partial charge in [0.05, 0.1) is 12.6 Å². The fourth-order valence-electron chi connectivity index (χ4n) is 2.40.